The first-order valence-corrected chi connectivity index (χ1v) is 8.28. The highest BCUT2D eigenvalue weighted by molar-refractivity contribution is 7.89. The van der Waals surface area contributed by atoms with Crippen molar-refractivity contribution in [2.45, 2.75) is 37.6 Å². The Morgan fingerprint density at radius 1 is 1.19 bits per heavy atom. The second-order valence-electron chi connectivity index (χ2n) is 4.88. The fourth-order valence-corrected chi connectivity index (χ4v) is 3.93. The van der Waals surface area contributed by atoms with E-state index in [2.05, 4.69) is 5.32 Å². The molecule has 0 saturated carbocycles. The Labute approximate surface area is 124 Å². The van der Waals surface area contributed by atoms with Crippen molar-refractivity contribution in [2.75, 3.05) is 6.54 Å². The molecule has 0 bridgehead atoms. The average molecular weight is 310 g/mol. The molecule has 1 fully saturated rings. The molecule has 1 unspecified atom stereocenters. The highest BCUT2D eigenvalue weighted by Crippen LogP contribution is 2.22. The summed E-state index contributed by atoms with van der Waals surface area (Å²) in [6, 6.07) is 5.65. The van der Waals surface area contributed by atoms with Crippen molar-refractivity contribution < 1.29 is 18.0 Å². The van der Waals surface area contributed by atoms with Crippen LogP contribution >= 0.6 is 0 Å². The standard InChI is InChI=1S/C14H18N2O4S/c1-3-10-5-7-11(8-6-10)21(19,20)16-9-13(17)15-14(18)12(16)4-2/h5-8,12H,3-4,9H2,1-2H3,(H,15,17,18). The van der Waals surface area contributed by atoms with Gasteiger partial charge in [0.1, 0.15) is 6.04 Å². The molecule has 1 aliphatic rings. The van der Waals surface area contributed by atoms with Crippen molar-refractivity contribution in [2.24, 2.45) is 0 Å². The van der Waals surface area contributed by atoms with Crippen molar-refractivity contribution in [1.29, 1.82) is 0 Å². The molecule has 0 spiro atoms. The number of rotatable bonds is 4. The number of amides is 2. The second-order valence-corrected chi connectivity index (χ2v) is 6.77. The van der Waals surface area contributed by atoms with Crippen LogP contribution in [0.3, 0.4) is 0 Å². The molecule has 0 radical (unpaired) electrons. The Morgan fingerprint density at radius 2 is 1.81 bits per heavy atom. The van der Waals surface area contributed by atoms with Gasteiger partial charge in [0, 0.05) is 0 Å². The lowest BCUT2D eigenvalue weighted by Gasteiger charge is -2.32. The molecule has 1 aliphatic heterocycles. The van der Waals surface area contributed by atoms with E-state index in [0.717, 1.165) is 16.3 Å². The minimum Gasteiger partial charge on any atom is -0.294 e. The molecule has 0 aliphatic carbocycles. The number of imide groups is 1. The van der Waals surface area contributed by atoms with Crippen molar-refractivity contribution in [3.8, 4) is 0 Å². The van der Waals surface area contributed by atoms with E-state index >= 15 is 0 Å². The summed E-state index contributed by atoms with van der Waals surface area (Å²) in [4.78, 5) is 23.4. The zero-order valence-corrected chi connectivity index (χ0v) is 12.8. The molecule has 7 heteroatoms. The number of hydrogen-bond acceptors (Lipinski definition) is 4. The van der Waals surface area contributed by atoms with Crippen LogP contribution in [0.15, 0.2) is 29.2 Å². The van der Waals surface area contributed by atoms with Gasteiger partial charge in [0.15, 0.2) is 0 Å². The van der Waals surface area contributed by atoms with Crippen LogP contribution in [0.2, 0.25) is 0 Å². The maximum atomic E-state index is 12.6. The Balaban J connectivity index is 2.40. The van der Waals surface area contributed by atoms with Crippen molar-refractivity contribution in [1.82, 2.24) is 9.62 Å². The van der Waals surface area contributed by atoms with E-state index in [1.807, 2.05) is 6.92 Å². The largest absolute Gasteiger partial charge is 0.294 e. The van der Waals surface area contributed by atoms with Crippen LogP contribution in [0.5, 0.6) is 0 Å². The summed E-state index contributed by atoms with van der Waals surface area (Å²) >= 11 is 0. The highest BCUT2D eigenvalue weighted by Gasteiger charge is 2.40. The number of piperazine rings is 1. The highest BCUT2D eigenvalue weighted by atomic mass is 32.2. The average Bonchev–Trinajstić information content (AvgIpc) is 2.46. The molecule has 1 N–H and O–H groups in total. The zero-order chi connectivity index (χ0) is 15.6. The topological polar surface area (TPSA) is 83.6 Å². The lowest BCUT2D eigenvalue weighted by molar-refractivity contribution is -0.137. The number of sulfonamides is 1. The number of benzene rings is 1. The Kier molecular flexibility index (Phi) is 4.43. The van der Waals surface area contributed by atoms with Gasteiger partial charge in [-0.3, -0.25) is 14.9 Å². The van der Waals surface area contributed by atoms with E-state index in [1.54, 1.807) is 19.1 Å². The number of nitrogens with one attached hydrogen (secondary N) is 1. The molecule has 0 aromatic heterocycles. The molecule has 2 rings (SSSR count). The molecular formula is C14H18N2O4S. The molecule has 1 heterocycles. The summed E-state index contributed by atoms with van der Waals surface area (Å²) in [7, 11) is -3.86. The van der Waals surface area contributed by atoms with Gasteiger partial charge in [0.25, 0.3) is 0 Å². The van der Waals surface area contributed by atoms with Gasteiger partial charge >= 0.3 is 0 Å². The van der Waals surface area contributed by atoms with Crippen LogP contribution in [-0.2, 0) is 26.0 Å². The summed E-state index contributed by atoms with van der Waals surface area (Å²) in [5.41, 5.74) is 1.02. The lowest BCUT2D eigenvalue weighted by atomic mass is 10.2. The number of nitrogens with zero attached hydrogens (tertiary/aromatic N) is 1. The first-order chi connectivity index (χ1) is 9.90. The lowest BCUT2D eigenvalue weighted by Crippen LogP contribution is -2.59. The SMILES string of the molecule is CCc1ccc(S(=O)(=O)N2CC(=O)NC(=O)C2CC)cc1. The van der Waals surface area contributed by atoms with Crippen molar-refractivity contribution in [3.05, 3.63) is 29.8 Å². The normalized spacial score (nSPS) is 20.4. The summed E-state index contributed by atoms with van der Waals surface area (Å²) in [6.07, 6.45) is 1.12. The third-order valence-electron chi connectivity index (χ3n) is 3.54. The molecule has 1 atom stereocenters. The van der Waals surface area contributed by atoms with Gasteiger partial charge in [-0.2, -0.15) is 4.31 Å². The van der Waals surface area contributed by atoms with E-state index in [1.165, 1.54) is 12.1 Å². The van der Waals surface area contributed by atoms with Gasteiger partial charge < -0.3 is 0 Å². The zero-order valence-electron chi connectivity index (χ0n) is 12.0. The fourth-order valence-electron chi connectivity index (χ4n) is 2.32. The molecule has 2 amide bonds. The number of hydrogen-bond donors (Lipinski definition) is 1. The predicted molar refractivity (Wildman–Crippen MR) is 76.9 cm³/mol. The number of carbonyl (C=O) groups excluding carboxylic acids is 2. The number of aryl methyl sites for hydroxylation is 1. The van der Waals surface area contributed by atoms with Crippen LogP contribution in [0.1, 0.15) is 25.8 Å². The van der Waals surface area contributed by atoms with Gasteiger partial charge in [-0.05, 0) is 30.5 Å². The summed E-state index contributed by atoms with van der Waals surface area (Å²) in [5, 5.41) is 2.17. The van der Waals surface area contributed by atoms with Crippen LogP contribution < -0.4 is 5.32 Å². The van der Waals surface area contributed by atoms with E-state index in [0.29, 0.717) is 6.42 Å². The summed E-state index contributed by atoms with van der Waals surface area (Å²) < 4.78 is 26.3. The van der Waals surface area contributed by atoms with E-state index < -0.39 is 27.9 Å². The third-order valence-corrected chi connectivity index (χ3v) is 5.41. The Morgan fingerprint density at radius 3 is 2.33 bits per heavy atom. The van der Waals surface area contributed by atoms with Gasteiger partial charge in [-0.15, -0.1) is 0 Å². The maximum Gasteiger partial charge on any atom is 0.245 e. The maximum absolute atomic E-state index is 12.6. The van der Waals surface area contributed by atoms with E-state index in [4.69, 9.17) is 0 Å². The van der Waals surface area contributed by atoms with Crippen LogP contribution in [0, 0.1) is 0 Å². The van der Waals surface area contributed by atoms with Gasteiger partial charge in [0.05, 0.1) is 11.4 Å². The van der Waals surface area contributed by atoms with Crippen molar-refractivity contribution >= 4 is 21.8 Å². The van der Waals surface area contributed by atoms with Gasteiger partial charge in [-0.1, -0.05) is 26.0 Å². The molecule has 1 aromatic carbocycles. The number of carbonyl (C=O) groups is 2. The summed E-state index contributed by atoms with van der Waals surface area (Å²) in [5.74, 6) is -1.17. The first-order valence-electron chi connectivity index (χ1n) is 6.84. The quantitative estimate of drug-likeness (QED) is 0.829. The fraction of sp³-hybridized carbons (Fsp3) is 0.429. The summed E-state index contributed by atoms with van der Waals surface area (Å²) in [6.45, 7) is 3.36. The van der Waals surface area contributed by atoms with Crippen LogP contribution in [0.4, 0.5) is 0 Å². The molecule has 21 heavy (non-hydrogen) atoms. The van der Waals surface area contributed by atoms with Gasteiger partial charge in [-0.25, -0.2) is 8.42 Å². The minimum absolute atomic E-state index is 0.0978. The predicted octanol–water partition coefficient (Wildman–Crippen LogP) is 0.675. The van der Waals surface area contributed by atoms with Crippen molar-refractivity contribution in [3.63, 3.8) is 0 Å². The van der Waals surface area contributed by atoms with Crippen LogP contribution in [-0.4, -0.2) is 37.1 Å². The van der Waals surface area contributed by atoms with Crippen LogP contribution in [0.25, 0.3) is 0 Å². The molecule has 6 nitrogen and oxygen atoms in total. The molecule has 1 saturated heterocycles. The molecular weight excluding hydrogens is 292 g/mol. The third kappa shape index (κ3) is 2.98. The molecule has 1 aromatic rings. The minimum atomic E-state index is -3.86. The monoisotopic (exact) mass is 310 g/mol. The Bertz CT molecular complexity index is 652. The second kappa shape index (κ2) is 5.95. The first kappa shape index (κ1) is 15.7. The van der Waals surface area contributed by atoms with Gasteiger partial charge in [0.2, 0.25) is 21.8 Å². The molecule has 114 valence electrons. The smallest absolute Gasteiger partial charge is 0.245 e. The van der Waals surface area contributed by atoms with E-state index in [9.17, 15) is 18.0 Å². The van der Waals surface area contributed by atoms with E-state index in [-0.39, 0.29) is 11.4 Å². The Hall–Kier alpha value is -1.73.